The van der Waals surface area contributed by atoms with E-state index in [0.717, 1.165) is 13.3 Å². The van der Waals surface area contributed by atoms with Gasteiger partial charge in [0, 0.05) is 0 Å². The Balaban J connectivity index is 3.30. The van der Waals surface area contributed by atoms with Gasteiger partial charge in [-0.1, -0.05) is 0 Å². The lowest BCUT2D eigenvalue weighted by molar-refractivity contribution is -0.276. The summed E-state index contributed by atoms with van der Waals surface area (Å²) in [6.45, 7) is 0. The van der Waals surface area contributed by atoms with Crippen LogP contribution in [0.4, 0.5) is 13.2 Å². The molecule has 17 heavy (non-hydrogen) atoms. The standard InChI is InChI=1S/C8H5F3INO4/c1-16-7(15)4-5(12)3(14)2-13-6(4)17-8(9,10)11/h2,14H,1H3. The maximum Gasteiger partial charge on any atom is 0.574 e. The van der Waals surface area contributed by atoms with E-state index in [1.165, 1.54) is 22.6 Å². The van der Waals surface area contributed by atoms with Gasteiger partial charge in [0.25, 0.3) is 0 Å². The van der Waals surface area contributed by atoms with Crippen molar-refractivity contribution >= 4 is 28.6 Å². The minimum Gasteiger partial charge on any atom is -0.505 e. The van der Waals surface area contributed by atoms with Gasteiger partial charge in [-0.25, -0.2) is 9.78 Å². The predicted molar refractivity (Wildman–Crippen MR) is 56.6 cm³/mol. The zero-order chi connectivity index (χ0) is 13.2. The van der Waals surface area contributed by atoms with Crippen LogP contribution in [0.15, 0.2) is 6.20 Å². The molecule has 1 heterocycles. The van der Waals surface area contributed by atoms with Crippen molar-refractivity contribution in [3.8, 4) is 11.6 Å². The van der Waals surface area contributed by atoms with Crippen LogP contribution in [-0.4, -0.2) is 29.5 Å². The summed E-state index contributed by atoms with van der Waals surface area (Å²) >= 11 is 1.48. The quantitative estimate of drug-likeness (QED) is 0.644. The smallest absolute Gasteiger partial charge is 0.505 e. The Hall–Kier alpha value is -1.26. The number of esters is 1. The van der Waals surface area contributed by atoms with Crippen LogP contribution in [0.5, 0.6) is 11.6 Å². The number of nitrogens with zero attached hydrogens (tertiary/aromatic N) is 1. The highest BCUT2D eigenvalue weighted by Crippen LogP contribution is 2.32. The van der Waals surface area contributed by atoms with Gasteiger partial charge >= 0.3 is 12.3 Å². The molecule has 1 aromatic rings. The molecule has 0 amide bonds. The molecular weight excluding hydrogens is 358 g/mol. The number of alkyl halides is 3. The van der Waals surface area contributed by atoms with E-state index in [1.54, 1.807) is 0 Å². The number of pyridine rings is 1. The fraction of sp³-hybridized carbons (Fsp3) is 0.250. The van der Waals surface area contributed by atoms with Crippen molar-refractivity contribution in [2.45, 2.75) is 6.36 Å². The van der Waals surface area contributed by atoms with Gasteiger partial charge in [-0.15, -0.1) is 13.2 Å². The Morgan fingerprint density at radius 2 is 2.12 bits per heavy atom. The Bertz CT molecular complexity index is 449. The molecule has 0 aliphatic heterocycles. The summed E-state index contributed by atoms with van der Waals surface area (Å²) in [6, 6.07) is 0. The monoisotopic (exact) mass is 363 g/mol. The van der Waals surface area contributed by atoms with Crippen LogP contribution in [0, 0.1) is 3.57 Å². The molecule has 0 atom stereocenters. The van der Waals surface area contributed by atoms with E-state index in [0.29, 0.717) is 0 Å². The molecule has 5 nitrogen and oxygen atoms in total. The number of aromatic nitrogens is 1. The third-order valence-electron chi connectivity index (χ3n) is 1.56. The lowest BCUT2D eigenvalue weighted by atomic mass is 10.2. The number of hydrogen-bond donors (Lipinski definition) is 1. The number of aromatic hydroxyl groups is 1. The second kappa shape index (κ2) is 4.94. The molecule has 0 aromatic carbocycles. The molecule has 1 N–H and O–H groups in total. The van der Waals surface area contributed by atoms with Crippen molar-refractivity contribution in [2.75, 3.05) is 7.11 Å². The topological polar surface area (TPSA) is 68.7 Å². The number of rotatable bonds is 2. The summed E-state index contributed by atoms with van der Waals surface area (Å²) in [5.74, 6) is -2.50. The second-order valence-corrected chi connectivity index (χ2v) is 3.76. The van der Waals surface area contributed by atoms with Crippen molar-refractivity contribution in [3.05, 3.63) is 15.3 Å². The molecular formula is C8H5F3INO4. The van der Waals surface area contributed by atoms with Crippen molar-refractivity contribution in [3.63, 3.8) is 0 Å². The Labute approximate surface area is 107 Å². The molecule has 1 rings (SSSR count). The highest BCUT2D eigenvalue weighted by molar-refractivity contribution is 14.1. The summed E-state index contributed by atoms with van der Waals surface area (Å²) in [6.07, 6.45) is -4.24. The van der Waals surface area contributed by atoms with Gasteiger partial charge in [-0.05, 0) is 22.6 Å². The number of carbonyl (C=O) groups excluding carboxylic acids is 1. The van der Waals surface area contributed by atoms with E-state index in [2.05, 4.69) is 14.5 Å². The molecule has 0 spiro atoms. The van der Waals surface area contributed by atoms with Gasteiger partial charge in [0.2, 0.25) is 5.88 Å². The maximum atomic E-state index is 12.0. The number of halogens is 4. The molecule has 9 heteroatoms. The van der Waals surface area contributed by atoms with E-state index in [9.17, 15) is 23.1 Å². The first-order valence-electron chi connectivity index (χ1n) is 3.97. The maximum absolute atomic E-state index is 12.0. The molecule has 94 valence electrons. The Morgan fingerprint density at radius 1 is 1.53 bits per heavy atom. The SMILES string of the molecule is COC(=O)c1c(OC(F)(F)F)ncc(O)c1I. The molecule has 0 saturated heterocycles. The minimum absolute atomic E-state index is 0.135. The molecule has 0 fully saturated rings. The van der Waals surface area contributed by atoms with Gasteiger partial charge in [0.05, 0.1) is 16.9 Å². The van der Waals surface area contributed by atoms with Crippen molar-refractivity contribution in [1.29, 1.82) is 0 Å². The molecule has 1 aromatic heterocycles. The van der Waals surface area contributed by atoms with E-state index >= 15 is 0 Å². The highest BCUT2D eigenvalue weighted by Gasteiger charge is 2.35. The fourth-order valence-corrected chi connectivity index (χ4v) is 1.52. The predicted octanol–water partition coefficient (Wildman–Crippen LogP) is 2.08. The molecule has 0 radical (unpaired) electrons. The number of methoxy groups -OCH3 is 1. The first-order chi connectivity index (χ1) is 7.76. The lowest BCUT2D eigenvalue weighted by Crippen LogP contribution is -2.21. The van der Waals surface area contributed by atoms with Crippen LogP contribution in [0.1, 0.15) is 10.4 Å². The molecule has 0 unspecified atom stereocenters. The first kappa shape index (κ1) is 13.8. The second-order valence-electron chi connectivity index (χ2n) is 2.68. The minimum atomic E-state index is -4.99. The normalized spacial score (nSPS) is 11.1. The van der Waals surface area contributed by atoms with E-state index in [4.69, 9.17) is 0 Å². The van der Waals surface area contributed by atoms with Gasteiger partial charge in [0.1, 0.15) is 11.3 Å². The van der Waals surface area contributed by atoms with Crippen LogP contribution in [-0.2, 0) is 4.74 Å². The highest BCUT2D eigenvalue weighted by atomic mass is 127. The zero-order valence-electron chi connectivity index (χ0n) is 8.21. The van der Waals surface area contributed by atoms with Crippen LogP contribution >= 0.6 is 22.6 Å². The summed E-state index contributed by atoms with van der Waals surface area (Å²) in [7, 11) is 0.986. The number of carbonyl (C=O) groups is 1. The lowest BCUT2D eigenvalue weighted by Gasteiger charge is -2.12. The molecule has 0 aliphatic carbocycles. The first-order valence-corrected chi connectivity index (χ1v) is 5.05. The summed E-state index contributed by atoms with van der Waals surface area (Å²) in [5.41, 5.74) is -0.578. The van der Waals surface area contributed by atoms with Crippen LogP contribution < -0.4 is 4.74 Å². The summed E-state index contributed by atoms with van der Waals surface area (Å²) < 4.78 is 43.8. The number of hydrogen-bond acceptors (Lipinski definition) is 5. The Kier molecular flexibility index (Phi) is 4.01. The average molecular weight is 363 g/mol. The van der Waals surface area contributed by atoms with E-state index in [-0.39, 0.29) is 3.57 Å². The van der Waals surface area contributed by atoms with Gasteiger partial charge in [0.15, 0.2) is 0 Å². The molecule has 0 bridgehead atoms. The van der Waals surface area contributed by atoms with E-state index < -0.39 is 29.5 Å². The van der Waals surface area contributed by atoms with Gasteiger partial charge < -0.3 is 14.6 Å². The van der Waals surface area contributed by atoms with Crippen molar-refractivity contribution < 1.29 is 32.5 Å². The molecule has 0 saturated carbocycles. The fourth-order valence-electron chi connectivity index (χ4n) is 0.929. The Morgan fingerprint density at radius 3 is 2.59 bits per heavy atom. The third-order valence-corrected chi connectivity index (χ3v) is 2.66. The van der Waals surface area contributed by atoms with Crippen LogP contribution in [0.25, 0.3) is 0 Å². The largest absolute Gasteiger partial charge is 0.574 e. The molecule has 0 aliphatic rings. The average Bonchev–Trinajstić information content (AvgIpc) is 2.21. The summed E-state index contributed by atoms with van der Waals surface area (Å²) in [5, 5.41) is 9.25. The van der Waals surface area contributed by atoms with E-state index in [1.807, 2.05) is 0 Å². The van der Waals surface area contributed by atoms with Gasteiger partial charge in [-0.3, -0.25) is 0 Å². The van der Waals surface area contributed by atoms with Gasteiger partial charge in [-0.2, -0.15) is 0 Å². The van der Waals surface area contributed by atoms with Crippen LogP contribution in [0.3, 0.4) is 0 Å². The van der Waals surface area contributed by atoms with Crippen LogP contribution in [0.2, 0.25) is 0 Å². The van der Waals surface area contributed by atoms with Crippen molar-refractivity contribution in [1.82, 2.24) is 4.98 Å². The van der Waals surface area contributed by atoms with Crippen molar-refractivity contribution in [2.24, 2.45) is 0 Å². The summed E-state index contributed by atoms with van der Waals surface area (Å²) in [4.78, 5) is 14.5. The zero-order valence-corrected chi connectivity index (χ0v) is 10.4. The number of ether oxygens (including phenoxy) is 2. The third kappa shape index (κ3) is 3.35.